The van der Waals surface area contributed by atoms with Crippen LogP contribution in [0.3, 0.4) is 0 Å². The van der Waals surface area contributed by atoms with E-state index < -0.39 is 0 Å². The SMILES string of the molecule is Clc1ccc(C2OC2I)c(Cl)c1. The van der Waals surface area contributed by atoms with Gasteiger partial charge in [-0.15, -0.1) is 0 Å². The molecule has 1 fully saturated rings. The molecule has 2 atom stereocenters. The van der Waals surface area contributed by atoms with Gasteiger partial charge in [0, 0.05) is 15.6 Å². The molecule has 1 aromatic carbocycles. The van der Waals surface area contributed by atoms with Gasteiger partial charge in [0.1, 0.15) is 10.2 Å². The molecule has 2 unspecified atom stereocenters. The third-order valence-electron chi connectivity index (χ3n) is 1.71. The van der Waals surface area contributed by atoms with Crippen molar-refractivity contribution in [1.29, 1.82) is 0 Å². The fourth-order valence-electron chi connectivity index (χ4n) is 1.04. The molecule has 0 saturated carbocycles. The zero-order valence-electron chi connectivity index (χ0n) is 5.93. The third kappa shape index (κ3) is 1.71. The number of hydrogen-bond donors (Lipinski definition) is 0. The molecule has 0 N–H and O–H groups in total. The van der Waals surface area contributed by atoms with Gasteiger partial charge in [0.25, 0.3) is 0 Å². The van der Waals surface area contributed by atoms with Crippen LogP contribution in [0.2, 0.25) is 10.0 Å². The molecular weight excluding hydrogens is 310 g/mol. The molecule has 2 rings (SSSR count). The van der Waals surface area contributed by atoms with Crippen LogP contribution in [-0.4, -0.2) is 4.11 Å². The Morgan fingerprint density at radius 3 is 2.50 bits per heavy atom. The van der Waals surface area contributed by atoms with Gasteiger partial charge in [-0.3, -0.25) is 0 Å². The smallest absolute Gasteiger partial charge is 0.140 e. The van der Waals surface area contributed by atoms with Gasteiger partial charge in [-0.1, -0.05) is 29.3 Å². The molecule has 1 nitrogen and oxygen atoms in total. The third-order valence-corrected chi connectivity index (χ3v) is 3.22. The number of hydrogen-bond acceptors (Lipinski definition) is 1. The van der Waals surface area contributed by atoms with Gasteiger partial charge < -0.3 is 4.74 Å². The first kappa shape index (κ1) is 9.06. The zero-order valence-corrected chi connectivity index (χ0v) is 9.60. The van der Waals surface area contributed by atoms with E-state index in [-0.39, 0.29) is 10.2 Å². The largest absolute Gasteiger partial charge is 0.353 e. The fraction of sp³-hybridized carbons (Fsp3) is 0.250. The highest BCUT2D eigenvalue weighted by Crippen LogP contribution is 2.45. The van der Waals surface area contributed by atoms with Gasteiger partial charge in [-0.2, -0.15) is 0 Å². The van der Waals surface area contributed by atoms with Crippen LogP contribution in [0, 0.1) is 0 Å². The van der Waals surface area contributed by atoms with Crippen molar-refractivity contribution in [1.82, 2.24) is 0 Å². The summed E-state index contributed by atoms with van der Waals surface area (Å²) in [6.45, 7) is 0. The average molecular weight is 315 g/mol. The maximum Gasteiger partial charge on any atom is 0.140 e. The lowest BCUT2D eigenvalue weighted by atomic mass is 10.2. The summed E-state index contributed by atoms with van der Waals surface area (Å²) < 4.78 is 5.55. The Balaban J connectivity index is 2.33. The normalized spacial score (nSPS) is 27.2. The molecule has 1 aromatic rings. The number of epoxide rings is 1. The maximum atomic E-state index is 5.96. The van der Waals surface area contributed by atoms with Crippen LogP contribution in [0.4, 0.5) is 0 Å². The van der Waals surface area contributed by atoms with Crippen molar-refractivity contribution in [2.45, 2.75) is 10.2 Å². The Bertz CT molecular complexity index is 316. The monoisotopic (exact) mass is 314 g/mol. The molecule has 64 valence electrons. The van der Waals surface area contributed by atoms with Crippen LogP contribution in [0.1, 0.15) is 11.7 Å². The van der Waals surface area contributed by atoms with Crippen molar-refractivity contribution < 1.29 is 4.74 Å². The number of halogens is 3. The minimum Gasteiger partial charge on any atom is -0.353 e. The van der Waals surface area contributed by atoms with Crippen LogP contribution >= 0.6 is 45.8 Å². The van der Waals surface area contributed by atoms with E-state index in [0.29, 0.717) is 10.0 Å². The Hall–Kier alpha value is 0.490. The van der Waals surface area contributed by atoms with Crippen molar-refractivity contribution in [3.63, 3.8) is 0 Å². The summed E-state index contributed by atoms with van der Waals surface area (Å²) in [6, 6.07) is 5.48. The van der Waals surface area contributed by atoms with E-state index in [2.05, 4.69) is 22.6 Å². The first-order valence-electron chi connectivity index (χ1n) is 3.43. The molecule has 0 spiro atoms. The summed E-state index contributed by atoms with van der Waals surface area (Å²) in [5.41, 5.74) is 1.03. The van der Waals surface area contributed by atoms with Crippen molar-refractivity contribution >= 4 is 45.8 Å². The van der Waals surface area contributed by atoms with E-state index in [1.807, 2.05) is 12.1 Å². The number of benzene rings is 1. The lowest BCUT2D eigenvalue weighted by Crippen LogP contribution is -1.83. The predicted molar refractivity (Wildman–Crippen MR) is 58.1 cm³/mol. The zero-order chi connectivity index (χ0) is 8.72. The predicted octanol–water partition coefficient (Wildman–Crippen LogP) is 3.83. The number of rotatable bonds is 1. The molecule has 1 heterocycles. The van der Waals surface area contributed by atoms with Crippen LogP contribution < -0.4 is 0 Å². The van der Waals surface area contributed by atoms with E-state index >= 15 is 0 Å². The second kappa shape index (κ2) is 3.33. The first-order chi connectivity index (χ1) is 5.68. The molecule has 1 aliphatic rings. The van der Waals surface area contributed by atoms with E-state index in [9.17, 15) is 0 Å². The Labute approximate surface area is 94.1 Å². The van der Waals surface area contributed by atoms with Gasteiger partial charge in [-0.25, -0.2) is 0 Å². The summed E-state index contributed by atoms with van der Waals surface area (Å²) in [4.78, 5) is 0. The van der Waals surface area contributed by atoms with Crippen molar-refractivity contribution in [3.8, 4) is 0 Å². The summed E-state index contributed by atoms with van der Waals surface area (Å²) in [5, 5.41) is 1.35. The lowest BCUT2D eigenvalue weighted by molar-refractivity contribution is 0.411. The van der Waals surface area contributed by atoms with Crippen LogP contribution in [0.5, 0.6) is 0 Å². The average Bonchev–Trinajstić information content (AvgIpc) is 2.66. The van der Waals surface area contributed by atoms with Gasteiger partial charge in [0.05, 0.1) is 0 Å². The van der Waals surface area contributed by atoms with Gasteiger partial charge in [0.2, 0.25) is 0 Å². The Morgan fingerprint density at radius 2 is 2.00 bits per heavy atom. The minimum atomic E-state index is 0.162. The molecular formula is C8H5Cl2IO. The van der Waals surface area contributed by atoms with Crippen LogP contribution in [-0.2, 0) is 4.74 Å². The van der Waals surface area contributed by atoms with Gasteiger partial charge >= 0.3 is 0 Å². The highest BCUT2D eigenvalue weighted by atomic mass is 127. The first-order valence-corrected chi connectivity index (χ1v) is 5.43. The fourth-order valence-corrected chi connectivity index (χ4v) is 2.26. The number of ether oxygens (including phenoxy) is 1. The van der Waals surface area contributed by atoms with Crippen LogP contribution in [0.25, 0.3) is 0 Å². The summed E-state index contributed by atoms with van der Waals surface area (Å²) in [7, 11) is 0. The molecule has 0 aromatic heterocycles. The van der Waals surface area contributed by atoms with Crippen molar-refractivity contribution in [2.75, 3.05) is 0 Å². The van der Waals surface area contributed by atoms with E-state index in [0.717, 1.165) is 5.56 Å². The Kier molecular flexibility index (Phi) is 2.51. The highest BCUT2D eigenvalue weighted by molar-refractivity contribution is 14.1. The van der Waals surface area contributed by atoms with Crippen molar-refractivity contribution in [3.05, 3.63) is 33.8 Å². The molecule has 0 amide bonds. The molecule has 1 saturated heterocycles. The van der Waals surface area contributed by atoms with E-state index in [1.165, 1.54) is 0 Å². The van der Waals surface area contributed by atoms with E-state index in [1.54, 1.807) is 6.07 Å². The highest BCUT2D eigenvalue weighted by Gasteiger charge is 2.38. The quantitative estimate of drug-likeness (QED) is 0.436. The Morgan fingerprint density at radius 1 is 1.33 bits per heavy atom. The topological polar surface area (TPSA) is 12.5 Å². The molecule has 0 radical (unpaired) electrons. The molecule has 1 aliphatic heterocycles. The summed E-state index contributed by atoms with van der Waals surface area (Å²) in [6.07, 6.45) is 0.162. The van der Waals surface area contributed by atoms with Gasteiger partial charge in [0.15, 0.2) is 0 Å². The minimum absolute atomic E-state index is 0.162. The maximum absolute atomic E-state index is 5.96. The standard InChI is InChI=1S/C8H5Cl2IO/c9-4-1-2-5(6(10)3-4)7-8(11)12-7/h1-3,7-8H. The summed E-state index contributed by atoms with van der Waals surface area (Å²) in [5.74, 6) is 0. The lowest BCUT2D eigenvalue weighted by Gasteiger charge is -1.99. The van der Waals surface area contributed by atoms with Crippen LogP contribution in [0.15, 0.2) is 18.2 Å². The molecule has 0 aliphatic carbocycles. The second-order valence-corrected chi connectivity index (χ2v) is 4.65. The summed E-state index contributed by atoms with van der Waals surface area (Å²) >= 11 is 13.9. The second-order valence-electron chi connectivity index (χ2n) is 2.57. The molecule has 0 bridgehead atoms. The molecule has 4 heteroatoms. The van der Waals surface area contributed by atoms with Crippen molar-refractivity contribution in [2.24, 2.45) is 0 Å². The van der Waals surface area contributed by atoms with E-state index in [4.69, 9.17) is 27.9 Å². The molecule has 12 heavy (non-hydrogen) atoms. The van der Waals surface area contributed by atoms with Gasteiger partial charge in [-0.05, 0) is 34.7 Å². The number of alkyl halides is 1.